The zero-order valence-electron chi connectivity index (χ0n) is 12.8. The predicted octanol–water partition coefficient (Wildman–Crippen LogP) is 4.63. The highest BCUT2D eigenvalue weighted by Crippen LogP contribution is 2.34. The van der Waals surface area contributed by atoms with Crippen molar-refractivity contribution in [2.75, 3.05) is 6.61 Å². The van der Waals surface area contributed by atoms with Gasteiger partial charge in [-0.25, -0.2) is 4.79 Å². The lowest BCUT2D eigenvalue weighted by atomic mass is 10.1. The van der Waals surface area contributed by atoms with E-state index in [0.717, 1.165) is 16.3 Å². The van der Waals surface area contributed by atoms with Gasteiger partial charge in [0.15, 0.2) is 0 Å². The molecule has 0 aliphatic carbocycles. The van der Waals surface area contributed by atoms with E-state index < -0.39 is 5.63 Å². The van der Waals surface area contributed by atoms with Crippen molar-refractivity contribution in [3.8, 4) is 5.75 Å². The molecular weight excluding hydrogens is 304 g/mol. The van der Waals surface area contributed by atoms with Gasteiger partial charge in [0.2, 0.25) is 0 Å². The van der Waals surface area contributed by atoms with Crippen molar-refractivity contribution < 1.29 is 13.6 Å². The molecule has 24 heavy (non-hydrogen) atoms. The van der Waals surface area contributed by atoms with Crippen molar-refractivity contribution in [3.63, 3.8) is 0 Å². The van der Waals surface area contributed by atoms with E-state index in [1.807, 2.05) is 48.6 Å². The van der Waals surface area contributed by atoms with Gasteiger partial charge in [-0.1, -0.05) is 36.4 Å². The Morgan fingerprint density at radius 1 is 0.958 bits per heavy atom. The first-order valence-electron chi connectivity index (χ1n) is 7.60. The van der Waals surface area contributed by atoms with Crippen LogP contribution in [-0.2, 0) is 0 Å². The summed E-state index contributed by atoms with van der Waals surface area (Å²) in [6.07, 6.45) is 5.53. The smallest absolute Gasteiger partial charge is 0.336 e. The summed E-state index contributed by atoms with van der Waals surface area (Å²) in [5.41, 5.74) is 1.78. The molecule has 4 nitrogen and oxygen atoms in total. The molecule has 0 bridgehead atoms. The molecule has 2 aromatic carbocycles. The lowest BCUT2D eigenvalue weighted by Gasteiger charge is -2.08. The van der Waals surface area contributed by atoms with Gasteiger partial charge in [0, 0.05) is 12.1 Å². The van der Waals surface area contributed by atoms with E-state index in [1.165, 1.54) is 6.07 Å². The molecule has 0 radical (unpaired) electrons. The summed E-state index contributed by atoms with van der Waals surface area (Å²) in [6.45, 7) is 0.396. The lowest BCUT2D eigenvalue weighted by Crippen LogP contribution is -1.98. The second-order valence-electron chi connectivity index (χ2n) is 5.33. The third-order valence-corrected chi connectivity index (χ3v) is 3.74. The number of benzene rings is 2. The average molecular weight is 318 g/mol. The summed E-state index contributed by atoms with van der Waals surface area (Å²) < 4.78 is 16.6. The molecule has 0 aliphatic rings. The van der Waals surface area contributed by atoms with Gasteiger partial charge in [0.05, 0.1) is 17.0 Å². The van der Waals surface area contributed by atoms with Crippen molar-refractivity contribution in [1.82, 2.24) is 0 Å². The Morgan fingerprint density at radius 2 is 1.79 bits per heavy atom. The Balaban J connectivity index is 1.68. The molecule has 0 atom stereocenters. The van der Waals surface area contributed by atoms with Gasteiger partial charge in [-0.05, 0) is 23.8 Å². The minimum Gasteiger partial charge on any atom is -0.488 e. The molecule has 0 amide bonds. The standard InChI is InChI=1S/C20H14O4/c21-19-9-8-15-18(24-19)13-17-16(10-12-22-17)20(15)23-11-4-7-14-5-2-1-3-6-14/h1-10,12-13H,11H2/b7-4+. The summed E-state index contributed by atoms with van der Waals surface area (Å²) in [6, 6.07) is 16.7. The van der Waals surface area contributed by atoms with Crippen LogP contribution < -0.4 is 10.4 Å². The summed E-state index contributed by atoms with van der Waals surface area (Å²) in [5, 5.41) is 1.60. The molecule has 0 aliphatic heterocycles. The molecule has 2 heterocycles. The van der Waals surface area contributed by atoms with Gasteiger partial charge < -0.3 is 13.6 Å². The number of hydrogen-bond donors (Lipinski definition) is 0. The third-order valence-electron chi connectivity index (χ3n) is 3.74. The average Bonchev–Trinajstić information content (AvgIpc) is 3.06. The summed E-state index contributed by atoms with van der Waals surface area (Å²) in [5.74, 6) is 0.651. The molecule has 118 valence electrons. The summed E-state index contributed by atoms with van der Waals surface area (Å²) >= 11 is 0. The highest BCUT2D eigenvalue weighted by atomic mass is 16.5. The molecule has 0 saturated heterocycles. The van der Waals surface area contributed by atoms with Crippen LogP contribution >= 0.6 is 0 Å². The molecule has 4 aromatic rings. The molecule has 4 rings (SSSR count). The van der Waals surface area contributed by atoms with Crippen LogP contribution in [0, 0.1) is 0 Å². The molecule has 2 aromatic heterocycles. The molecule has 0 spiro atoms. The van der Waals surface area contributed by atoms with Crippen molar-refractivity contribution >= 4 is 28.0 Å². The van der Waals surface area contributed by atoms with Gasteiger partial charge in [-0.3, -0.25) is 0 Å². The Labute approximate surface area is 137 Å². The first-order valence-corrected chi connectivity index (χ1v) is 7.60. The van der Waals surface area contributed by atoms with Crippen molar-refractivity contribution in [1.29, 1.82) is 0 Å². The highest BCUT2D eigenvalue weighted by Gasteiger charge is 2.12. The minimum absolute atomic E-state index is 0.396. The van der Waals surface area contributed by atoms with Gasteiger partial charge in [-0.2, -0.15) is 0 Å². The minimum atomic E-state index is -0.400. The van der Waals surface area contributed by atoms with E-state index in [0.29, 0.717) is 23.5 Å². The van der Waals surface area contributed by atoms with Gasteiger partial charge in [0.1, 0.15) is 23.5 Å². The van der Waals surface area contributed by atoms with E-state index in [4.69, 9.17) is 13.6 Å². The largest absolute Gasteiger partial charge is 0.488 e. The van der Waals surface area contributed by atoms with E-state index in [1.54, 1.807) is 18.4 Å². The van der Waals surface area contributed by atoms with Crippen molar-refractivity contribution in [2.24, 2.45) is 0 Å². The second kappa shape index (κ2) is 6.08. The normalized spacial score (nSPS) is 11.5. The highest BCUT2D eigenvalue weighted by molar-refractivity contribution is 6.01. The fourth-order valence-corrected chi connectivity index (χ4v) is 2.65. The topological polar surface area (TPSA) is 52.6 Å². The van der Waals surface area contributed by atoms with Gasteiger partial charge >= 0.3 is 5.63 Å². The maximum atomic E-state index is 11.4. The van der Waals surface area contributed by atoms with Crippen molar-refractivity contribution in [3.05, 3.63) is 82.9 Å². The predicted molar refractivity (Wildman–Crippen MR) is 93.2 cm³/mol. The summed E-state index contributed by atoms with van der Waals surface area (Å²) in [7, 11) is 0. The van der Waals surface area contributed by atoms with Crippen LogP contribution in [0.15, 0.2) is 80.6 Å². The van der Waals surface area contributed by atoms with Crippen LogP contribution in [0.4, 0.5) is 0 Å². The van der Waals surface area contributed by atoms with Crippen LogP contribution in [0.2, 0.25) is 0 Å². The van der Waals surface area contributed by atoms with E-state index in [9.17, 15) is 4.79 Å². The Hall–Kier alpha value is -3.27. The third kappa shape index (κ3) is 2.70. The molecule has 0 N–H and O–H groups in total. The monoisotopic (exact) mass is 318 g/mol. The van der Waals surface area contributed by atoms with Crippen LogP contribution in [-0.4, -0.2) is 6.61 Å². The molecular formula is C20H14O4. The molecule has 0 fully saturated rings. The van der Waals surface area contributed by atoms with E-state index in [2.05, 4.69) is 0 Å². The second-order valence-corrected chi connectivity index (χ2v) is 5.33. The quantitative estimate of drug-likeness (QED) is 0.515. The van der Waals surface area contributed by atoms with E-state index >= 15 is 0 Å². The van der Waals surface area contributed by atoms with Crippen LogP contribution in [0.3, 0.4) is 0 Å². The van der Waals surface area contributed by atoms with Gasteiger partial charge in [-0.15, -0.1) is 0 Å². The number of fused-ring (bicyclic) bond motifs is 2. The Bertz CT molecular complexity index is 1070. The first kappa shape index (κ1) is 14.3. The number of rotatable bonds is 4. The van der Waals surface area contributed by atoms with Crippen molar-refractivity contribution in [2.45, 2.75) is 0 Å². The number of furan rings is 1. The molecule has 4 heteroatoms. The molecule has 0 unspecified atom stereocenters. The van der Waals surface area contributed by atoms with Gasteiger partial charge in [0.25, 0.3) is 0 Å². The maximum absolute atomic E-state index is 11.4. The Kier molecular flexibility index (Phi) is 3.63. The van der Waals surface area contributed by atoms with Crippen LogP contribution in [0.25, 0.3) is 28.0 Å². The zero-order chi connectivity index (χ0) is 16.4. The zero-order valence-corrected chi connectivity index (χ0v) is 12.8. The number of ether oxygens (including phenoxy) is 1. The first-order chi connectivity index (χ1) is 11.8. The van der Waals surface area contributed by atoms with Crippen LogP contribution in [0.5, 0.6) is 5.75 Å². The fraction of sp³-hybridized carbons (Fsp3) is 0.0500. The summed E-state index contributed by atoms with van der Waals surface area (Å²) in [4.78, 5) is 11.4. The molecule has 0 saturated carbocycles. The number of hydrogen-bond acceptors (Lipinski definition) is 4. The van der Waals surface area contributed by atoms with Crippen LogP contribution in [0.1, 0.15) is 5.56 Å². The SMILES string of the molecule is O=c1ccc2c(OC/C=C/c3ccccc3)c3ccoc3cc2o1. The fourth-order valence-electron chi connectivity index (χ4n) is 2.65. The Morgan fingerprint density at radius 3 is 2.67 bits per heavy atom. The van der Waals surface area contributed by atoms with E-state index in [-0.39, 0.29) is 0 Å². The maximum Gasteiger partial charge on any atom is 0.336 e. The lowest BCUT2D eigenvalue weighted by molar-refractivity contribution is 0.371.